The Kier molecular flexibility index (Phi) is 11.2. The van der Waals surface area contributed by atoms with Crippen LogP contribution in [0.1, 0.15) is 102 Å². The summed E-state index contributed by atoms with van der Waals surface area (Å²) in [6.07, 6.45) is 25.1. The van der Waals surface area contributed by atoms with Crippen molar-refractivity contribution in [3.8, 4) is 6.07 Å². The summed E-state index contributed by atoms with van der Waals surface area (Å²) >= 11 is 0. The molecule has 0 amide bonds. The van der Waals surface area contributed by atoms with Crippen LogP contribution in [-0.4, -0.2) is 0 Å². The van der Waals surface area contributed by atoms with E-state index in [2.05, 4.69) is 37.3 Å². The number of benzene rings is 1. The fourth-order valence-electron chi connectivity index (χ4n) is 6.11. The molecule has 0 unspecified atom stereocenters. The van der Waals surface area contributed by atoms with Gasteiger partial charge in [0.1, 0.15) is 6.07 Å². The fourth-order valence-corrected chi connectivity index (χ4v) is 6.11. The van der Waals surface area contributed by atoms with E-state index < -0.39 is 5.83 Å². The lowest BCUT2D eigenvalue weighted by molar-refractivity contribution is 0.151. The SMILES string of the molecule is CCCCc1ccc(CCCCC2CCC(C3CCC(/C=C/C=C(\F)C#N)CC3)CC2)cc1. The molecule has 180 valence electrons. The summed E-state index contributed by atoms with van der Waals surface area (Å²) in [6.45, 7) is 2.26. The minimum atomic E-state index is -0.701. The highest BCUT2D eigenvalue weighted by Gasteiger charge is 2.30. The molecule has 0 heterocycles. The van der Waals surface area contributed by atoms with Gasteiger partial charge in [0.25, 0.3) is 0 Å². The van der Waals surface area contributed by atoms with Gasteiger partial charge in [-0.05, 0) is 105 Å². The first-order valence-electron chi connectivity index (χ1n) is 13.7. The van der Waals surface area contributed by atoms with Gasteiger partial charge in [0.2, 0.25) is 0 Å². The van der Waals surface area contributed by atoms with Crippen LogP contribution in [0.5, 0.6) is 0 Å². The molecular formula is C31H44FN. The van der Waals surface area contributed by atoms with E-state index in [1.54, 1.807) is 6.08 Å². The van der Waals surface area contributed by atoms with Crippen molar-refractivity contribution in [2.24, 2.45) is 23.7 Å². The first-order chi connectivity index (χ1) is 16.2. The van der Waals surface area contributed by atoms with Gasteiger partial charge in [0, 0.05) is 0 Å². The van der Waals surface area contributed by atoms with Crippen LogP contribution in [0.15, 0.2) is 48.3 Å². The first kappa shape index (κ1) is 25.7. The Bertz CT molecular complexity index is 768. The van der Waals surface area contributed by atoms with Gasteiger partial charge >= 0.3 is 0 Å². The Morgan fingerprint density at radius 1 is 0.879 bits per heavy atom. The second kappa shape index (κ2) is 14.4. The fraction of sp³-hybridized carbons (Fsp3) is 0.645. The third-order valence-electron chi connectivity index (χ3n) is 8.28. The number of halogens is 1. The van der Waals surface area contributed by atoms with E-state index in [0.29, 0.717) is 5.92 Å². The number of allylic oxidation sites excluding steroid dienone is 4. The van der Waals surface area contributed by atoms with Gasteiger partial charge in [-0.2, -0.15) is 9.65 Å². The summed E-state index contributed by atoms with van der Waals surface area (Å²) < 4.78 is 12.9. The molecule has 2 saturated carbocycles. The Hall–Kier alpha value is -1.88. The van der Waals surface area contributed by atoms with Crippen LogP contribution in [0.2, 0.25) is 0 Å². The van der Waals surface area contributed by atoms with E-state index >= 15 is 0 Å². The Morgan fingerprint density at radius 3 is 2.03 bits per heavy atom. The Balaban J connectivity index is 1.27. The van der Waals surface area contributed by atoms with E-state index in [4.69, 9.17) is 5.26 Å². The number of nitriles is 1. The van der Waals surface area contributed by atoms with Crippen LogP contribution in [0, 0.1) is 35.0 Å². The predicted octanol–water partition coefficient (Wildman–Crippen LogP) is 9.29. The van der Waals surface area contributed by atoms with Crippen molar-refractivity contribution in [1.29, 1.82) is 5.26 Å². The third kappa shape index (κ3) is 9.11. The molecule has 0 saturated heterocycles. The van der Waals surface area contributed by atoms with Gasteiger partial charge in [-0.25, -0.2) is 0 Å². The van der Waals surface area contributed by atoms with Crippen LogP contribution in [0.3, 0.4) is 0 Å². The largest absolute Gasteiger partial charge is 0.199 e. The second-order valence-corrected chi connectivity index (χ2v) is 10.6. The predicted molar refractivity (Wildman–Crippen MR) is 137 cm³/mol. The molecule has 0 N–H and O–H groups in total. The summed E-state index contributed by atoms with van der Waals surface area (Å²) in [4.78, 5) is 0. The van der Waals surface area contributed by atoms with E-state index in [1.165, 1.54) is 120 Å². The van der Waals surface area contributed by atoms with E-state index in [-0.39, 0.29) is 0 Å². The maximum absolute atomic E-state index is 12.9. The lowest BCUT2D eigenvalue weighted by Gasteiger charge is -2.37. The van der Waals surface area contributed by atoms with Crippen molar-refractivity contribution in [3.05, 3.63) is 59.4 Å². The molecule has 0 bridgehead atoms. The van der Waals surface area contributed by atoms with Gasteiger partial charge < -0.3 is 0 Å². The molecule has 0 aromatic heterocycles. The van der Waals surface area contributed by atoms with Crippen LogP contribution >= 0.6 is 0 Å². The number of hydrogen-bond donors (Lipinski definition) is 0. The summed E-state index contributed by atoms with van der Waals surface area (Å²) in [5.74, 6) is 2.66. The third-order valence-corrected chi connectivity index (χ3v) is 8.28. The lowest BCUT2D eigenvalue weighted by atomic mass is 9.68. The zero-order chi connectivity index (χ0) is 23.3. The number of unbranched alkanes of at least 4 members (excludes halogenated alkanes) is 2. The van der Waals surface area contributed by atoms with Gasteiger partial charge in [0.05, 0.1) is 0 Å². The summed E-state index contributed by atoms with van der Waals surface area (Å²) in [6, 6.07) is 10.9. The number of rotatable bonds is 11. The highest BCUT2D eigenvalue weighted by molar-refractivity contribution is 5.22. The van der Waals surface area contributed by atoms with E-state index in [9.17, 15) is 4.39 Å². The maximum atomic E-state index is 12.9. The normalized spacial score (nSPS) is 26.4. The van der Waals surface area contributed by atoms with Crippen molar-refractivity contribution in [1.82, 2.24) is 0 Å². The van der Waals surface area contributed by atoms with Crippen molar-refractivity contribution >= 4 is 0 Å². The van der Waals surface area contributed by atoms with Gasteiger partial charge in [-0.1, -0.05) is 75.4 Å². The minimum absolute atomic E-state index is 0.563. The average Bonchev–Trinajstić information content (AvgIpc) is 2.87. The van der Waals surface area contributed by atoms with Crippen molar-refractivity contribution < 1.29 is 4.39 Å². The van der Waals surface area contributed by atoms with Crippen LogP contribution in [0.25, 0.3) is 0 Å². The molecule has 2 aliphatic rings. The molecule has 1 aromatic rings. The minimum Gasteiger partial charge on any atom is -0.195 e. The van der Waals surface area contributed by atoms with E-state index in [0.717, 1.165) is 17.8 Å². The van der Waals surface area contributed by atoms with Crippen molar-refractivity contribution in [3.63, 3.8) is 0 Å². The highest BCUT2D eigenvalue weighted by Crippen LogP contribution is 2.42. The summed E-state index contributed by atoms with van der Waals surface area (Å²) in [7, 11) is 0. The molecule has 2 aliphatic carbocycles. The molecular weight excluding hydrogens is 405 g/mol. The molecule has 2 fully saturated rings. The number of hydrogen-bond acceptors (Lipinski definition) is 1. The standard InChI is InChI=1S/C31H44FN/c1-2-3-7-25-12-14-26(15-13-25)8-4-5-9-27-16-20-29(21-17-27)30-22-18-28(19-23-30)10-6-11-31(32)24-33/h6,10-15,27-30H,2-5,7-9,16-23H2,1H3/b10-6+,31-11-. The van der Waals surface area contributed by atoms with Gasteiger partial charge in [-0.15, -0.1) is 0 Å². The summed E-state index contributed by atoms with van der Waals surface area (Å²) in [5.41, 5.74) is 3.00. The molecule has 1 nitrogen and oxygen atoms in total. The van der Waals surface area contributed by atoms with Crippen LogP contribution < -0.4 is 0 Å². The van der Waals surface area contributed by atoms with Gasteiger partial charge in [-0.3, -0.25) is 0 Å². The Morgan fingerprint density at radius 2 is 1.45 bits per heavy atom. The van der Waals surface area contributed by atoms with Crippen molar-refractivity contribution in [2.75, 3.05) is 0 Å². The zero-order valence-electron chi connectivity index (χ0n) is 20.8. The summed E-state index contributed by atoms with van der Waals surface area (Å²) in [5, 5.41) is 8.48. The second-order valence-electron chi connectivity index (χ2n) is 10.6. The van der Waals surface area contributed by atoms with Crippen LogP contribution in [0.4, 0.5) is 4.39 Å². The molecule has 0 radical (unpaired) electrons. The maximum Gasteiger partial charge on any atom is 0.199 e. The molecule has 3 rings (SSSR count). The molecule has 0 atom stereocenters. The first-order valence-corrected chi connectivity index (χ1v) is 13.7. The molecule has 33 heavy (non-hydrogen) atoms. The van der Waals surface area contributed by atoms with Crippen molar-refractivity contribution in [2.45, 2.75) is 103 Å². The molecule has 0 spiro atoms. The monoisotopic (exact) mass is 449 g/mol. The quantitative estimate of drug-likeness (QED) is 0.187. The topological polar surface area (TPSA) is 23.8 Å². The average molecular weight is 450 g/mol. The highest BCUT2D eigenvalue weighted by atomic mass is 19.1. The Labute approximate surface area is 202 Å². The lowest BCUT2D eigenvalue weighted by Crippen LogP contribution is -2.25. The number of aryl methyl sites for hydroxylation is 2. The number of nitrogens with zero attached hydrogens (tertiary/aromatic N) is 1. The smallest absolute Gasteiger partial charge is 0.195 e. The van der Waals surface area contributed by atoms with Crippen LogP contribution in [-0.2, 0) is 12.8 Å². The van der Waals surface area contributed by atoms with E-state index in [1.807, 2.05) is 0 Å². The molecule has 2 heteroatoms. The molecule has 0 aliphatic heterocycles. The van der Waals surface area contributed by atoms with Gasteiger partial charge in [0.15, 0.2) is 5.83 Å². The zero-order valence-corrected chi connectivity index (χ0v) is 20.8. The molecule has 1 aromatic carbocycles.